The molecule has 2 aliphatic rings. The summed E-state index contributed by atoms with van der Waals surface area (Å²) in [6, 6.07) is 95.2. The third-order valence-electron chi connectivity index (χ3n) is 16.7. The highest BCUT2D eigenvalue weighted by Gasteiger charge is 2.41. The Balaban J connectivity index is 0.956. The van der Waals surface area contributed by atoms with Crippen LogP contribution in [0.15, 0.2) is 255 Å². The molecule has 0 saturated heterocycles. The lowest BCUT2D eigenvalue weighted by Crippen LogP contribution is -2.22. The van der Waals surface area contributed by atoms with Gasteiger partial charge in [0.1, 0.15) is 0 Å². The molecule has 0 bridgehead atoms. The maximum atomic E-state index is 2.53. The lowest BCUT2D eigenvalue weighted by atomic mass is 9.74. The Hall–Kier alpha value is -8.72. The van der Waals surface area contributed by atoms with E-state index in [2.05, 4.69) is 271 Å². The molecule has 12 aromatic rings. The van der Waals surface area contributed by atoms with Crippen LogP contribution >= 0.6 is 0 Å². The van der Waals surface area contributed by atoms with E-state index in [1.54, 1.807) is 0 Å². The Morgan fingerprint density at radius 1 is 0.405 bits per heavy atom. The summed E-state index contributed by atoms with van der Waals surface area (Å²) < 4.78 is 2.41. The lowest BCUT2D eigenvalue weighted by molar-refractivity contribution is 0.445. The number of benzene rings is 11. The second-order valence-corrected chi connectivity index (χ2v) is 20.7. The maximum Gasteiger partial charge on any atom is 0.0547 e. The van der Waals surface area contributed by atoms with Crippen molar-refractivity contribution in [2.45, 2.75) is 50.4 Å². The summed E-state index contributed by atoms with van der Waals surface area (Å²) in [6.45, 7) is 2.41. The molecule has 0 N–H and O–H groups in total. The van der Waals surface area contributed by atoms with Crippen LogP contribution in [0, 0.1) is 0 Å². The fourth-order valence-corrected chi connectivity index (χ4v) is 13.1. The average Bonchev–Trinajstić information content (AvgIpc) is 3.99. The zero-order valence-electron chi connectivity index (χ0n) is 41.8. The highest BCUT2D eigenvalue weighted by Crippen LogP contribution is 2.54. The Bertz CT molecular complexity index is 4060. The number of hydrogen-bond acceptors (Lipinski definition) is 1. The standard InChI is InChI=1S/C72H56N2/c1-72(54-25-7-3-8-26-54)65-35-15-11-30-59(65)60-45-42-53(47-66(60)72)57-29-12-16-36-67(57)73(69-38-18-14-32-62(69)64-34-20-24-51-23-19-33-58(71(51)64)50-21-5-2-6-22-50)56-43-39-49(40-44-56)52-41-46-63-61-31-13-17-37-68(61)74(70(63)48-52)55-27-9-4-10-28-55/h3-4,7-20,23-48,50H,2,5-6,21-22H2,1H3. The van der Waals surface area contributed by atoms with E-state index in [0.29, 0.717) is 5.92 Å². The summed E-state index contributed by atoms with van der Waals surface area (Å²) in [6.07, 6.45) is 6.42. The molecular weight excluding hydrogens is 893 g/mol. The van der Waals surface area contributed by atoms with Crippen molar-refractivity contribution in [3.05, 3.63) is 277 Å². The summed E-state index contributed by atoms with van der Waals surface area (Å²) in [4.78, 5) is 2.53. The van der Waals surface area contributed by atoms with Gasteiger partial charge in [-0.15, -0.1) is 0 Å². The van der Waals surface area contributed by atoms with E-state index in [9.17, 15) is 0 Å². The van der Waals surface area contributed by atoms with Gasteiger partial charge in [0.05, 0.1) is 22.4 Å². The van der Waals surface area contributed by atoms with Gasteiger partial charge in [0, 0.05) is 38.7 Å². The predicted molar refractivity (Wildman–Crippen MR) is 313 cm³/mol. The predicted octanol–water partition coefficient (Wildman–Crippen LogP) is 19.8. The molecule has 1 aromatic heterocycles. The number of fused-ring (bicyclic) bond motifs is 7. The van der Waals surface area contributed by atoms with Crippen molar-refractivity contribution in [1.82, 2.24) is 4.57 Å². The zero-order valence-corrected chi connectivity index (χ0v) is 41.8. The van der Waals surface area contributed by atoms with Crippen molar-refractivity contribution in [2.24, 2.45) is 0 Å². The first-order valence-electron chi connectivity index (χ1n) is 26.6. The molecule has 1 saturated carbocycles. The molecule has 2 nitrogen and oxygen atoms in total. The van der Waals surface area contributed by atoms with E-state index in [0.717, 1.165) is 22.7 Å². The Labute approximate surface area is 434 Å². The van der Waals surface area contributed by atoms with Crippen LogP contribution in [0.5, 0.6) is 0 Å². The minimum atomic E-state index is -0.316. The monoisotopic (exact) mass is 948 g/mol. The van der Waals surface area contributed by atoms with Gasteiger partial charge in [-0.05, 0) is 147 Å². The number of aromatic nitrogens is 1. The molecule has 1 unspecified atom stereocenters. The minimum Gasteiger partial charge on any atom is -0.309 e. The smallest absolute Gasteiger partial charge is 0.0547 e. The fraction of sp³-hybridized carbons (Fsp3) is 0.111. The van der Waals surface area contributed by atoms with Gasteiger partial charge in [0.15, 0.2) is 0 Å². The van der Waals surface area contributed by atoms with Crippen LogP contribution in [0.4, 0.5) is 17.1 Å². The quantitative estimate of drug-likeness (QED) is 0.140. The first kappa shape index (κ1) is 44.0. The van der Waals surface area contributed by atoms with Gasteiger partial charge in [-0.3, -0.25) is 0 Å². The highest BCUT2D eigenvalue weighted by molar-refractivity contribution is 6.10. The molecule has 1 atom stereocenters. The number of anilines is 3. The number of hydrogen-bond donors (Lipinski definition) is 0. The molecule has 1 fully saturated rings. The van der Waals surface area contributed by atoms with Crippen LogP contribution in [0.1, 0.15) is 67.2 Å². The van der Waals surface area contributed by atoms with Crippen LogP contribution in [-0.2, 0) is 5.41 Å². The molecule has 2 heteroatoms. The van der Waals surface area contributed by atoms with E-state index in [1.165, 1.54) is 131 Å². The molecule has 0 amide bonds. The molecule has 11 aromatic carbocycles. The van der Waals surface area contributed by atoms with Crippen LogP contribution in [0.25, 0.3) is 82.8 Å². The topological polar surface area (TPSA) is 8.17 Å². The summed E-state index contributed by atoms with van der Waals surface area (Å²) in [5.74, 6) is 0.561. The third-order valence-corrected chi connectivity index (χ3v) is 16.7. The fourth-order valence-electron chi connectivity index (χ4n) is 13.1. The van der Waals surface area contributed by atoms with Crippen molar-refractivity contribution in [1.29, 1.82) is 0 Å². The van der Waals surface area contributed by atoms with E-state index < -0.39 is 0 Å². The highest BCUT2D eigenvalue weighted by atomic mass is 15.1. The largest absolute Gasteiger partial charge is 0.309 e. The second-order valence-electron chi connectivity index (χ2n) is 20.7. The Morgan fingerprint density at radius 2 is 1.00 bits per heavy atom. The molecular formula is C72H56N2. The van der Waals surface area contributed by atoms with E-state index in [4.69, 9.17) is 0 Å². The van der Waals surface area contributed by atoms with Gasteiger partial charge in [-0.2, -0.15) is 0 Å². The van der Waals surface area contributed by atoms with E-state index in [-0.39, 0.29) is 5.41 Å². The maximum absolute atomic E-state index is 2.53. The SMILES string of the molecule is CC1(c2ccccc2)c2ccccc2-c2ccc(-c3ccccc3N(c3ccc(-c4ccc5c6ccccc6n(-c6ccccc6)c5c4)cc3)c3ccccc3-c3cccc4cccc(C5CCCCC5)c34)cc21. The first-order valence-corrected chi connectivity index (χ1v) is 26.6. The van der Waals surface area contributed by atoms with Gasteiger partial charge >= 0.3 is 0 Å². The summed E-state index contributed by atoms with van der Waals surface area (Å²) in [7, 11) is 0. The summed E-state index contributed by atoms with van der Waals surface area (Å²) in [5.41, 5.74) is 22.0. The second kappa shape index (κ2) is 18.1. The average molecular weight is 949 g/mol. The molecule has 1 heterocycles. The minimum absolute atomic E-state index is 0.316. The van der Waals surface area contributed by atoms with E-state index in [1.807, 2.05) is 0 Å². The van der Waals surface area contributed by atoms with Crippen LogP contribution in [0.2, 0.25) is 0 Å². The van der Waals surface area contributed by atoms with Crippen molar-refractivity contribution < 1.29 is 0 Å². The van der Waals surface area contributed by atoms with E-state index >= 15 is 0 Å². The van der Waals surface area contributed by atoms with Gasteiger partial charge in [0.25, 0.3) is 0 Å². The molecule has 0 spiro atoms. The molecule has 0 aliphatic heterocycles. The Morgan fingerprint density at radius 3 is 1.80 bits per heavy atom. The van der Waals surface area contributed by atoms with Crippen LogP contribution < -0.4 is 4.90 Å². The van der Waals surface area contributed by atoms with Crippen molar-refractivity contribution in [3.63, 3.8) is 0 Å². The molecule has 2 aliphatic carbocycles. The third kappa shape index (κ3) is 7.15. The van der Waals surface area contributed by atoms with Gasteiger partial charge in [-0.1, -0.05) is 219 Å². The summed E-state index contributed by atoms with van der Waals surface area (Å²) >= 11 is 0. The molecule has 14 rings (SSSR count). The van der Waals surface area contributed by atoms with Crippen molar-refractivity contribution in [3.8, 4) is 50.2 Å². The van der Waals surface area contributed by atoms with Crippen LogP contribution in [-0.4, -0.2) is 4.57 Å². The normalized spacial score (nSPS) is 15.4. The molecule has 354 valence electrons. The van der Waals surface area contributed by atoms with Gasteiger partial charge < -0.3 is 9.47 Å². The van der Waals surface area contributed by atoms with Crippen molar-refractivity contribution in [2.75, 3.05) is 4.90 Å². The molecule has 74 heavy (non-hydrogen) atoms. The number of nitrogens with zero attached hydrogens (tertiary/aromatic N) is 2. The first-order chi connectivity index (χ1) is 36.6. The lowest BCUT2D eigenvalue weighted by Gasteiger charge is -2.31. The van der Waals surface area contributed by atoms with Crippen LogP contribution in [0.3, 0.4) is 0 Å². The van der Waals surface area contributed by atoms with Gasteiger partial charge in [-0.25, -0.2) is 0 Å². The molecule has 0 radical (unpaired) electrons. The zero-order chi connectivity index (χ0) is 49.2. The van der Waals surface area contributed by atoms with Crippen molar-refractivity contribution >= 4 is 49.6 Å². The summed E-state index contributed by atoms with van der Waals surface area (Å²) in [5, 5.41) is 5.21. The number of rotatable bonds is 9. The number of para-hydroxylation sites is 4. The van der Waals surface area contributed by atoms with Gasteiger partial charge in [0.2, 0.25) is 0 Å². The Kier molecular flexibility index (Phi) is 10.8.